The zero-order valence-corrected chi connectivity index (χ0v) is 44.6. The number of hydrogen-bond acceptors (Lipinski definition) is 12. The molecule has 0 heterocycles. The van der Waals surface area contributed by atoms with E-state index in [1.54, 1.807) is 16.0 Å². The molecule has 276 valence electrons. The van der Waals surface area contributed by atoms with E-state index < -0.39 is 87.5 Å². The molecule has 0 aromatic rings. The second-order valence-electron chi connectivity index (χ2n) is 6.81. The van der Waals surface area contributed by atoms with Gasteiger partial charge in [0.15, 0.2) is 0 Å². The van der Waals surface area contributed by atoms with Crippen molar-refractivity contribution in [3.8, 4) is 0 Å². The summed E-state index contributed by atoms with van der Waals surface area (Å²) in [5, 5.41) is 56.0. The quantitative estimate of drug-likeness (QED) is 0.0684. The van der Waals surface area contributed by atoms with Crippen molar-refractivity contribution in [1.29, 1.82) is 0 Å². The summed E-state index contributed by atoms with van der Waals surface area (Å²) >= 11 is 0. The summed E-state index contributed by atoms with van der Waals surface area (Å²) in [7, 11) is 2.89. The SMILES string of the molecule is CNC(=O)C(C([NH-])=O)(C(=O)O)C(=O)O.CNC(=O)C(C([NH-])=O)(C(=O)O)C(=O)O.CNC(=O)C(C([NH-])=O)(C(=O)O)C(=O)O.[CH3-].[CH3-].[CH3-].[Y].[Y].[Y].[Y].[Y].[Y]. The van der Waals surface area contributed by atoms with E-state index in [9.17, 15) is 57.5 Å². The van der Waals surface area contributed by atoms with Gasteiger partial charge in [0.2, 0.25) is 0 Å². The van der Waals surface area contributed by atoms with Crippen molar-refractivity contribution in [3.63, 3.8) is 0 Å². The van der Waals surface area contributed by atoms with Gasteiger partial charge in [0.1, 0.15) is 0 Å². The van der Waals surface area contributed by atoms with Gasteiger partial charge >= 0.3 is 35.8 Å². The molecule has 0 spiro atoms. The number of hydrogen-bond donors (Lipinski definition) is 9. The topological polar surface area (TPSA) is 434 Å². The van der Waals surface area contributed by atoms with Crippen LogP contribution in [-0.4, -0.2) is 123 Å². The smallest absolute Gasteiger partial charge is 0.336 e. The molecule has 51 heavy (non-hydrogen) atoms. The third kappa shape index (κ3) is 19.1. The fourth-order valence-electron chi connectivity index (χ4n) is 2.31. The van der Waals surface area contributed by atoms with Crippen LogP contribution >= 0.6 is 0 Å². The monoisotopic (exact) mass is 1190 g/mol. The molecule has 0 saturated heterocycles. The molecule has 24 nitrogen and oxygen atoms in total. The van der Waals surface area contributed by atoms with Gasteiger partial charge < -0.3 is 100 Å². The molecule has 0 bridgehead atoms. The zero-order valence-electron chi connectivity index (χ0n) is 27.5. The van der Waals surface area contributed by atoms with Crippen LogP contribution in [-0.2, 0) is 254 Å². The molecule has 0 saturated carbocycles. The Kier molecular flexibility index (Phi) is 61.3. The van der Waals surface area contributed by atoms with Crippen LogP contribution in [0.4, 0.5) is 0 Å². The van der Waals surface area contributed by atoms with Crippen molar-refractivity contribution in [2.24, 2.45) is 16.2 Å². The van der Waals surface area contributed by atoms with Crippen LogP contribution in [0.1, 0.15) is 0 Å². The summed E-state index contributed by atoms with van der Waals surface area (Å²) in [5.74, 6) is -23.8. The van der Waals surface area contributed by atoms with Crippen LogP contribution in [0.2, 0.25) is 0 Å². The predicted molar refractivity (Wildman–Crippen MR) is 143 cm³/mol. The van der Waals surface area contributed by atoms with Crippen molar-refractivity contribution < 1.29 is 284 Å². The number of carbonyl (C=O) groups is 12. The van der Waals surface area contributed by atoms with E-state index in [2.05, 4.69) is 0 Å². The number of carbonyl (C=O) groups excluding carboxylic acids is 6. The van der Waals surface area contributed by atoms with Gasteiger partial charge in [-0.3, -0.25) is 14.4 Å². The number of aliphatic carboxylic acids is 6. The first-order valence-electron chi connectivity index (χ1n) is 9.79. The average molecular weight is 1190 g/mol. The molecule has 6 amide bonds. The van der Waals surface area contributed by atoms with Gasteiger partial charge in [0.25, 0.3) is 34.0 Å². The molecule has 0 aromatic carbocycles. The standard InChI is InChI=1S/3C6H8N2O6.3CH3.6Y/c3*1-8-3(10)6(2(7)9,4(11)12)5(13)14;;;;;;;;;/h3*1H3,(H5,7,8,9,10,11,12,13,14);3*1H3;;;;;;/q;;;3*-1;;;;;;/p-3. The fraction of sp³-hybridized carbons (Fsp3) is 0.286. The van der Waals surface area contributed by atoms with Crippen molar-refractivity contribution in [2.75, 3.05) is 21.1 Å². The van der Waals surface area contributed by atoms with Gasteiger partial charge in [0.05, 0.1) is 17.7 Å². The Hall–Kier alpha value is 0.263. The van der Waals surface area contributed by atoms with E-state index >= 15 is 0 Å². The van der Waals surface area contributed by atoms with Gasteiger partial charge in [-0.25, -0.2) is 28.8 Å². The Morgan fingerprint density at radius 1 is 0.353 bits per heavy atom. The maximum Gasteiger partial charge on any atom is 0.336 e. The fourth-order valence-corrected chi connectivity index (χ4v) is 2.31. The van der Waals surface area contributed by atoms with Crippen molar-refractivity contribution in [1.82, 2.24) is 16.0 Å². The van der Waals surface area contributed by atoms with Gasteiger partial charge in [-0.05, 0) is 0 Å². The van der Waals surface area contributed by atoms with Gasteiger partial charge in [-0.2, -0.15) is 0 Å². The van der Waals surface area contributed by atoms with Crippen molar-refractivity contribution in [2.45, 2.75) is 0 Å². The summed E-state index contributed by atoms with van der Waals surface area (Å²) in [6, 6.07) is 0. The first-order chi connectivity index (χ1) is 18.9. The number of rotatable bonds is 12. The molecule has 0 unspecified atom stereocenters. The minimum absolute atomic E-state index is 0. The maximum absolute atomic E-state index is 10.9. The minimum Gasteiger partial charge on any atom is -0.666 e. The first kappa shape index (κ1) is 84.0. The van der Waals surface area contributed by atoms with Crippen LogP contribution in [0.15, 0.2) is 0 Å². The van der Waals surface area contributed by atoms with Crippen LogP contribution in [0.5, 0.6) is 0 Å². The van der Waals surface area contributed by atoms with Crippen LogP contribution in [0, 0.1) is 38.5 Å². The molecule has 0 rings (SSSR count). The molecule has 0 aromatic heterocycles. The molecule has 0 aliphatic heterocycles. The number of carboxylic acids is 6. The third-order valence-corrected chi connectivity index (χ3v) is 4.65. The number of amides is 6. The maximum atomic E-state index is 10.9. The van der Waals surface area contributed by atoms with Crippen molar-refractivity contribution >= 4 is 71.3 Å². The summed E-state index contributed by atoms with van der Waals surface area (Å²) < 4.78 is 0. The third-order valence-electron chi connectivity index (χ3n) is 4.65. The van der Waals surface area contributed by atoms with E-state index in [1.165, 1.54) is 0 Å². The van der Waals surface area contributed by atoms with Crippen LogP contribution in [0.25, 0.3) is 17.2 Å². The Morgan fingerprint density at radius 3 is 0.471 bits per heavy atom. The van der Waals surface area contributed by atoms with Gasteiger partial charge in [0, 0.05) is 217 Å². The number of carboxylic acid groups (broad SMARTS) is 6. The Balaban J connectivity index is -0.0000000411. The normalized spacial score (nSPS) is 8.53. The summed E-state index contributed by atoms with van der Waals surface area (Å²) in [6.07, 6.45) is 0. The molecule has 12 N–H and O–H groups in total. The van der Waals surface area contributed by atoms with Crippen molar-refractivity contribution in [3.05, 3.63) is 39.5 Å². The first-order valence-corrected chi connectivity index (χ1v) is 9.79. The molecule has 0 atom stereocenters. The van der Waals surface area contributed by atoms with Gasteiger partial charge in [-0.1, -0.05) is 0 Å². The second kappa shape index (κ2) is 37.2. The second-order valence-corrected chi connectivity index (χ2v) is 6.81. The largest absolute Gasteiger partial charge is 0.666 e. The van der Waals surface area contributed by atoms with E-state index in [0.29, 0.717) is 0 Å². The average Bonchev–Trinajstić information content (AvgIpc) is 2.83. The summed E-state index contributed by atoms with van der Waals surface area (Å²) in [5.41, 5.74) is 9.41. The molecule has 6 radical (unpaired) electrons. The van der Waals surface area contributed by atoms with E-state index in [0.717, 1.165) is 21.1 Å². The molecular formula is C21H30N6O18Y6-6. The van der Waals surface area contributed by atoms with Crippen LogP contribution < -0.4 is 16.0 Å². The predicted octanol–water partition coefficient (Wildman–Crippen LogP) is -3.26. The number of nitrogens with one attached hydrogen (secondary N) is 6. The van der Waals surface area contributed by atoms with Crippen LogP contribution in [0.3, 0.4) is 0 Å². The molecule has 0 fully saturated rings. The Labute approximate surface area is 441 Å². The molecule has 30 heteroatoms. The molecular weight excluding hydrogens is 1160 g/mol. The Bertz CT molecular complexity index is 998. The summed E-state index contributed by atoms with van der Waals surface area (Å²) in [4.78, 5) is 128. The van der Waals surface area contributed by atoms with E-state index in [-0.39, 0.29) is 219 Å². The summed E-state index contributed by atoms with van der Waals surface area (Å²) in [6.45, 7) is 0. The minimum atomic E-state index is -3.38. The molecule has 0 aliphatic rings. The Morgan fingerprint density at radius 2 is 0.451 bits per heavy atom. The van der Waals surface area contributed by atoms with E-state index in [1.807, 2.05) is 0 Å². The van der Waals surface area contributed by atoms with E-state index in [4.69, 9.17) is 47.8 Å². The zero-order chi connectivity index (χ0) is 34.5. The molecule has 0 aliphatic carbocycles. The van der Waals surface area contributed by atoms with Gasteiger partial charge in [-0.15, -0.1) is 0 Å².